The molecule has 0 saturated carbocycles. The minimum Gasteiger partial charge on any atom is -0.504 e. The number of hydrogen-bond donors (Lipinski definition) is 2. The van der Waals surface area contributed by atoms with Crippen molar-refractivity contribution in [2.45, 2.75) is 20.4 Å². The Morgan fingerprint density at radius 1 is 1.13 bits per heavy atom. The molecule has 0 fully saturated rings. The van der Waals surface area contributed by atoms with Gasteiger partial charge in [-0.25, -0.2) is 0 Å². The van der Waals surface area contributed by atoms with E-state index in [0.717, 1.165) is 29.7 Å². The summed E-state index contributed by atoms with van der Waals surface area (Å²) < 4.78 is 0.824. The molecule has 0 aliphatic heterocycles. The van der Waals surface area contributed by atoms with Gasteiger partial charge in [-0.1, -0.05) is 29.8 Å². The Morgan fingerprint density at radius 2 is 1.67 bits per heavy atom. The van der Waals surface area contributed by atoms with E-state index in [-0.39, 0.29) is 11.5 Å². The second kappa shape index (κ2) is 5.37. The molecule has 3 nitrogen and oxygen atoms in total. The first-order valence-corrected chi connectivity index (χ1v) is 5.80. The van der Waals surface area contributed by atoms with E-state index in [0.29, 0.717) is 0 Å². The third kappa shape index (κ3) is 3.11. The molecule has 0 radical (unpaired) electrons. The van der Waals surface area contributed by atoms with Crippen LogP contribution in [0.1, 0.15) is 19.4 Å². The lowest BCUT2D eigenvalue weighted by Gasteiger charge is -2.19. The topological polar surface area (TPSA) is 43.7 Å². The Morgan fingerprint density at radius 3 is 2.20 bits per heavy atom. The fourth-order valence-electron chi connectivity index (χ4n) is 1.40. The number of phenolic OH excluding ortho intramolecular Hbond substituents is 2. The van der Waals surface area contributed by atoms with E-state index in [4.69, 9.17) is 0 Å². The quantitative estimate of drug-likeness (QED) is 0.830. The van der Waals surface area contributed by atoms with Crippen LogP contribution in [0.3, 0.4) is 0 Å². The lowest BCUT2D eigenvalue weighted by Crippen LogP contribution is -2.22. The van der Waals surface area contributed by atoms with Crippen LogP contribution in [0.4, 0.5) is 0 Å². The third-order valence-electron chi connectivity index (χ3n) is 2.43. The highest BCUT2D eigenvalue weighted by Gasteiger charge is 2.09. The fraction of sp³-hybridized carbons (Fsp3) is 0.455. The summed E-state index contributed by atoms with van der Waals surface area (Å²) in [6, 6.07) is 3.12. The monoisotopic (exact) mass is 273 g/mol. The summed E-state index contributed by atoms with van der Waals surface area (Å²) in [6.07, 6.45) is 0. The first-order chi connectivity index (χ1) is 7.08. The molecule has 1 aromatic carbocycles. The van der Waals surface area contributed by atoms with Gasteiger partial charge < -0.3 is 10.2 Å². The van der Waals surface area contributed by atoms with Crippen LogP contribution in [0.15, 0.2) is 16.6 Å². The molecule has 4 heteroatoms. The summed E-state index contributed by atoms with van der Waals surface area (Å²) in [5.41, 5.74) is 0.981. The van der Waals surface area contributed by atoms with Crippen molar-refractivity contribution >= 4 is 15.9 Å². The Labute approximate surface area is 98.5 Å². The molecule has 1 aromatic rings. The standard InChI is InChI=1S/C11H16BrNO2/c1-3-13(4-2)7-8-5-10(14)11(15)6-9(8)12/h5-6,14-15H,3-4,7H2,1-2H3. The summed E-state index contributed by atoms with van der Waals surface area (Å²) in [4.78, 5) is 2.23. The van der Waals surface area contributed by atoms with Crippen LogP contribution in [-0.2, 0) is 6.54 Å². The van der Waals surface area contributed by atoms with Crippen molar-refractivity contribution in [1.29, 1.82) is 0 Å². The molecule has 0 unspecified atom stereocenters. The van der Waals surface area contributed by atoms with Crippen molar-refractivity contribution in [2.24, 2.45) is 0 Å². The van der Waals surface area contributed by atoms with Crippen LogP contribution < -0.4 is 0 Å². The summed E-state index contributed by atoms with van der Waals surface area (Å²) in [6.45, 7) is 6.88. The smallest absolute Gasteiger partial charge is 0.158 e. The molecule has 84 valence electrons. The Balaban J connectivity index is 2.89. The minimum atomic E-state index is -0.0924. The van der Waals surface area contributed by atoms with Crippen molar-refractivity contribution in [2.75, 3.05) is 13.1 Å². The highest BCUT2D eigenvalue weighted by atomic mass is 79.9. The predicted octanol–water partition coefficient (Wildman–Crippen LogP) is 2.70. The van der Waals surface area contributed by atoms with E-state index in [2.05, 4.69) is 34.7 Å². The zero-order valence-corrected chi connectivity index (χ0v) is 10.6. The lowest BCUT2D eigenvalue weighted by atomic mass is 10.2. The summed E-state index contributed by atoms with van der Waals surface area (Å²) in [7, 11) is 0. The number of benzene rings is 1. The first kappa shape index (κ1) is 12.3. The molecule has 0 aliphatic rings. The average Bonchev–Trinajstić information content (AvgIpc) is 2.21. The Kier molecular flexibility index (Phi) is 4.42. The predicted molar refractivity (Wildman–Crippen MR) is 64.1 cm³/mol. The van der Waals surface area contributed by atoms with Crippen molar-refractivity contribution < 1.29 is 10.2 Å². The molecule has 0 amide bonds. The van der Waals surface area contributed by atoms with E-state index in [1.807, 2.05) is 0 Å². The number of nitrogens with zero attached hydrogens (tertiary/aromatic N) is 1. The fourth-order valence-corrected chi connectivity index (χ4v) is 1.86. The second-order valence-electron chi connectivity index (χ2n) is 3.39. The molecule has 0 aliphatic carbocycles. The number of phenols is 2. The van der Waals surface area contributed by atoms with E-state index < -0.39 is 0 Å². The lowest BCUT2D eigenvalue weighted by molar-refractivity contribution is 0.294. The van der Waals surface area contributed by atoms with Crippen molar-refractivity contribution in [3.05, 3.63) is 22.2 Å². The third-order valence-corrected chi connectivity index (χ3v) is 3.17. The molecule has 2 N–H and O–H groups in total. The van der Waals surface area contributed by atoms with E-state index in [9.17, 15) is 10.2 Å². The van der Waals surface area contributed by atoms with Gasteiger partial charge in [0.25, 0.3) is 0 Å². The highest BCUT2D eigenvalue weighted by Crippen LogP contribution is 2.31. The maximum atomic E-state index is 9.39. The molecule has 0 bridgehead atoms. The zero-order chi connectivity index (χ0) is 11.4. The van der Waals surface area contributed by atoms with Crippen LogP contribution in [0, 0.1) is 0 Å². The largest absolute Gasteiger partial charge is 0.504 e. The van der Waals surface area contributed by atoms with Gasteiger partial charge in [-0.15, -0.1) is 0 Å². The molecule has 15 heavy (non-hydrogen) atoms. The summed E-state index contributed by atoms with van der Waals surface area (Å²) in [5, 5.41) is 18.7. The Hall–Kier alpha value is -0.740. The molecule has 0 heterocycles. The van der Waals surface area contributed by atoms with Gasteiger partial charge in [-0.2, -0.15) is 0 Å². The van der Waals surface area contributed by atoms with Gasteiger partial charge in [0.1, 0.15) is 0 Å². The molecule has 1 rings (SSSR count). The van der Waals surface area contributed by atoms with Crippen LogP contribution in [-0.4, -0.2) is 28.2 Å². The normalized spacial score (nSPS) is 10.9. The molecule has 0 atom stereocenters. The van der Waals surface area contributed by atoms with Crippen LogP contribution in [0.25, 0.3) is 0 Å². The first-order valence-electron chi connectivity index (χ1n) is 5.01. The van der Waals surface area contributed by atoms with E-state index >= 15 is 0 Å². The van der Waals surface area contributed by atoms with Gasteiger partial charge in [-0.05, 0) is 30.8 Å². The van der Waals surface area contributed by atoms with Gasteiger partial charge in [0.15, 0.2) is 11.5 Å². The van der Waals surface area contributed by atoms with Gasteiger partial charge >= 0.3 is 0 Å². The number of aromatic hydroxyl groups is 2. The molecule has 0 saturated heterocycles. The van der Waals surface area contributed by atoms with Crippen molar-refractivity contribution in [3.63, 3.8) is 0 Å². The van der Waals surface area contributed by atoms with Crippen molar-refractivity contribution in [3.8, 4) is 11.5 Å². The van der Waals surface area contributed by atoms with Gasteiger partial charge in [0.2, 0.25) is 0 Å². The van der Waals surface area contributed by atoms with Gasteiger partial charge in [-0.3, -0.25) is 4.90 Å². The molecule has 0 spiro atoms. The molecular formula is C11H16BrNO2. The average molecular weight is 274 g/mol. The van der Waals surface area contributed by atoms with Gasteiger partial charge in [0, 0.05) is 11.0 Å². The molecular weight excluding hydrogens is 258 g/mol. The summed E-state index contributed by atoms with van der Waals surface area (Å²) in [5.74, 6) is -0.162. The maximum absolute atomic E-state index is 9.39. The SMILES string of the molecule is CCN(CC)Cc1cc(O)c(O)cc1Br. The second-order valence-corrected chi connectivity index (χ2v) is 4.25. The van der Waals surface area contributed by atoms with Gasteiger partial charge in [0.05, 0.1) is 0 Å². The van der Waals surface area contributed by atoms with Crippen LogP contribution in [0.5, 0.6) is 11.5 Å². The maximum Gasteiger partial charge on any atom is 0.158 e. The summed E-state index contributed by atoms with van der Waals surface area (Å²) >= 11 is 3.37. The highest BCUT2D eigenvalue weighted by molar-refractivity contribution is 9.10. The van der Waals surface area contributed by atoms with Crippen LogP contribution >= 0.6 is 15.9 Å². The number of hydrogen-bond acceptors (Lipinski definition) is 3. The minimum absolute atomic E-state index is 0.0691. The van der Waals surface area contributed by atoms with E-state index in [1.54, 1.807) is 6.07 Å². The van der Waals surface area contributed by atoms with Crippen molar-refractivity contribution in [1.82, 2.24) is 4.90 Å². The zero-order valence-electron chi connectivity index (χ0n) is 9.00. The van der Waals surface area contributed by atoms with Crippen LogP contribution in [0.2, 0.25) is 0 Å². The van der Waals surface area contributed by atoms with E-state index in [1.165, 1.54) is 6.07 Å². The Bertz CT molecular complexity index is 338. The number of halogens is 1. The molecule has 0 aromatic heterocycles. The number of rotatable bonds is 4.